The van der Waals surface area contributed by atoms with Crippen LogP contribution in [0.3, 0.4) is 0 Å². The van der Waals surface area contributed by atoms with Gasteiger partial charge in [-0.2, -0.15) is 5.10 Å². The molecule has 2 unspecified atom stereocenters. The lowest BCUT2D eigenvalue weighted by Crippen LogP contribution is -2.29. The predicted molar refractivity (Wildman–Crippen MR) is 77.1 cm³/mol. The minimum atomic E-state index is 0.503. The number of nitrogens with one attached hydrogen (secondary N) is 1. The van der Waals surface area contributed by atoms with E-state index in [0.717, 1.165) is 13.1 Å². The third kappa shape index (κ3) is 2.71. The Kier molecular flexibility index (Phi) is 3.65. The highest BCUT2D eigenvalue weighted by Gasteiger charge is 2.23. The van der Waals surface area contributed by atoms with Crippen LogP contribution in [0.25, 0.3) is 0 Å². The lowest BCUT2D eigenvalue weighted by molar-refractivity contribution is 0.416. The highest BCUT2D eigenvalue weighted by Crippen LogP contribution is 2.36. The molecule has 2 aromatic rings. The Balaban J connectivity index is 1.64. The van der Waals surface area contributed by atoms with Gasteiger partial charge >= 0.3 is 0 Å². The Morgan fingerprint density at radius 1 is 1.21 bits per heavy atom. The molecule has 3 nitrogen and oxygen atoms in total. The fourth-order valence-corrected chi connectivity index (χ4v) is 3.00. The van der Waals surface area contributed by atoms with Gasteiger partial charge in [-0.1, -0.05) is 31.2 Å². The van der Waals surface area contributed by atoms with Crippen molar-refractivity contribution in [2.75, 3.05) is 6.54 Å². The van der Waals surface area contributed by atoms with Crippen LogP contribution in [0, 0.1) is 0 Å². The number of hydrogen-bond acceptors (Lipinski definition) is 2. The van der Waals surface area contributed by atoms with Crippen molar-refractivity contribution in [1.29, 1.82) is 0 Å². The van der Waals surface area contributed by atoms with Gasteiger partial charge in [-0.25, -0.2) is 0 Å². The maximum Gasteiger partial charge on any atom is 0.0534 e. The summed E-state index contributed by atoms with van der Waals surface area (Å²) < 4.78 is 1.98. The van der Waals surface area contributed by atoms with Crippen LogP contribution in [0.15, 0.2) is 42.7 Å². The van der Waals surface area contributed by atoms with Crippen LogP contribution in [-0.4, -0.2) is 16.3 Å². The van der Waals surface area contributed by atoms with Gasteiger partial charge in [0.15, 0.2) is 0 Å². The third-order valence-corrected chi connectivity index (χ3v) is 4.08. The van der Waals surface area contributed by atoms with Gasteiger partial charge in [0.1, 0.15) is 0 Å². The minimum Gasteiger partial charge on any atom is -0.308 e. The Morgan fingerprint density at radius 3 is 2.84 bits per heavy atom. The van der Waals surface area contributed by atoms with Crippen LogP contribution < -0.4 is 5.32 Å². The Labute approximate surface area is 114 Å². The third-order valence-electron chi connectivity index (χ3n) is 4.08. The molecule has 3 heteroatoms. The molecule has 0 bridgehead atoms. The highest BCUT2D eigenvalue weighted by atomic mass is 15.3. The minimum absolute atomic E-state index is 0.503. The van der Waals surface area contributed by atoms with E-state index >= 15 is 0 Å². The summed E-state index contributed by atoms with van der Waals surface area (Å²) in [6, 6.07) is 11.3. The van der Waals surface area contributed by atoms with Crippen molar-refractivity contribution in [3.8, 4) is 0 Å². The molecule has 100 valence electrons. The van der Waals surface area contributed by atoms with Gasteiger partial charge in [0, 0.05) is 25.0 Å². The summed E-state index contributed by atoms with van der Waals surface area (Å²) in [4.78, 5) is 0. The first-order valence-electron chi connectivity index (χ1n) is 7.14. The zero-order chi connectivity index (χ0) is 13.1. The number of fused-ring (bicyclic) bond motifs is 1. The fourth-order valence-electron chi connectivity index (χ4n) is 3.00. The van der Waals surface area contributed by atoms with Gasteiger partial charge in [0.2, 0.25) is 0 Å². The summed E-state index contributed by atoms with van der Waals surface area (Å²) in [6.45, 7) is 4.23. The zero-order valence-electron chi connectivity index (χ0n) is 11.4. The molecule has 1 aliphatic rings. The molecule has 0 amide bonds. The molecular formula is C16H21N3. The molecule has 19 heavy (non-hydrogen) atoms. The van der Waals surface area contributed by atoms with Crippen LogP contribution in [0.2, 0.25) is 0 Å². The van der Waals surface area contributed by atoms with Gasteiger partial charge in [-0.05, 0) is 36.0 Å². The lowest BCUT2D eigenvalue weighted by Gasteiger charge is -2.30. The van der Waals surface area contributed by atoms with Gasteiger partial charge in [0.05, 0.1) is 6.54 Å². The van der Waals surface area contributed by atoms with Crippen molar-refractivity contribution in [3.63, 3.8) is 0 Å². The van der Waals surface area contributed by atoms with Crippen molar-refractivity contribution in [2.24, 2.45) is 0 Å². The van der Waals surface area contributed by atoms with E-state index in [0.29, 0.717) is 12.0 Å². The first kappa shape index (κ1) is 12.4. The summed E-state index contributed by atoms with van der Waals surface area (Å²) in [7, 11) is 0. The summed E-state index contributed by atoms with van der Waals surface area (Å²) in [5.41, 5.74) is 3.01. The summed E-state index contributed by atoms with van der Waals surface area (Å²) in [5.74, 6) is 0.695. The zero-order valence-corrected chi connectivity index (χ0v) is 11.4. The van der Waals surface area contributed by atoms with E-state index in [2.05, 4.69) is 41.6 Å². The second-order valence-electron chi connectivity index (χ2n) is 5.38. The molecule has 2 atom stereocenters. The van der Waals surface area contributed by atoms with E-state index in [1.54, 1.807) is 0 Å². The van der Waals surface area contributed by atoms with Crippen molar-refractivity contribution in [2.45, 2.75) is 38.3 Å². The molecule has 0 fully saturated rings. The maximum atomic E-state index is 4.23. The highest BCUT2D eigenvalue weighted by molar-refractivity contribution is 5.34. The average molecular weight is 255 g/mol. The predicted octanol–water partition coefficient (Wildman–Crippen LogP) is 3.11. The van der Waals surface area contributed by atoms with Gasteiger partial charge in [-0.15, -0.1) is 0 Å². The Hall–Kier alpha value is -1.61. The van der Waals surface area contributed by atoms with Crippen LogP contribution in [0.4, 0.5) is 0 Å². The SMILES string of the molecule is CC1CCC(NCCn2cccn2)c2ccccc21. The smallest absolute Gasteiger partial charge is 0.0534 e. The Morgan fingerprint density at radius 2 is 2.05 bits per heavy atom. The fraction of sp³-hybridized carbons (Fsp3) is 0.438. The molecular weight excluding hydrogens is 234 g/mol. The topological polar surface area (TPSA) is 29.9 Å². The average Bonchev–Trinajstić information content (AvgIpc) is 2.95. The van der Waals surface area contributed by atoms with Crippen molar-refractivity contribution < 1.29 is 0 Å². The molecule has 3 rings (SSSR count). The lowest BCUT2D eigenvalue weighted by atomic mass is 9.81. The number of benzene rings is 1. The molecule has 1 N–H and O–H groups in total. The molecule has 0 saturated heterocycles. The van der Waals surface area contributed by atoms with E-state index in [4.69, 9.17) is 0 Å². The number of rotatable bonds is 4. The van der Waals surface area contributed by atoms with E-state index in [1.165, 1.54) is 24.0 Å². The van der Waals surface area contributed by atoms with Gasteiger partial charge in [0.25, 0.3) is 0 Å². The van der Waals surface area contributed by atoms with E-state index in [-0.39, 0.29) is 0 Å². The maximum absolute atomic E-state index is 4.23. The number of aromatic nitrogens is 2. The molecule has 1 aromatic carbocycles. The largest absolute Gasteiger partial charge is 0.308 e. The van der Waals surface area contributed by atoms with Crippen LogP contribution in [0.5, 0.6) is 0 Å². The number of hydrogen-bond donors (Lipinski definition) is 1. The second kappa shape index (κ2) is 5.57. The standard InChI is InChI=1S/C16H21N3/c1-13-7-8-16(15-6-3-2-5-14(13)15)17-10-12-19-11-4-9-18-19/h2-6,9,11,13,16-17H,7-8,10,12H2,1H3. The van der Waals surface area contributed by atoms with E-state index < -0.39 is 0 Å². The van der Waals surface area contributed by atoms with Crippen LogP contribution in [-0.2, 0) is 6.54 Å². The first-order chi connectivity index (χ1) is 9.34. The molecule has 0 aliphatic heterocycles. The van der Waals surface area contributed by atoms with Crippen LogP contribution in [0.1, 0.15) is 42.9 Å². The Bertz CT molecular complexity index is 519. The van der Waals surface area contributed by atoms with Gasteiger partial charge in [-0.3, -0.25) is 4.68 Å². The normalized spacial score (nSPS) is 22.2. The van der Waals surface area contributed by atoms with E-state index in [1.807, 2.05) is 23.1 Å². The van der Waals surface area contributed by atoms with Gasteiger partial charge < -0.3 is 5.32 Å². The first-order valence-corrected chi connectivity index (χ1v) is 7.14. The summed E-state index contributed by atoms with van der Waals surface area (Å²) in [6.07, 6.45) is 6.35. The number of nitrogens with zero attached hydrogens (tertiary/aromatic N) is 2. The van der Waals surface area contributed by atoms with Crippen molar-refractivity contribution in [1.82, 2.24) is 15.1 Å². The molecule has 1 aromatic heterocycles. The molecule has 0 radical (unpaired) electrons. The second-order valence-corrected chi connectivity index (χ2v) is 5.38. The van der Waals surface area contributed by atoms with E-state index in [9.17, 15) is 0 Å². The quantitative estimate of drug-likeness (QED) is 0.909. The van der Waals surface area contributed by atoms with Crippen LogP contribution >= 0.6 is 0 Å². The molecule has 1 aliphatic carbocycles. The monoisotopic (exact) mass is 255 g/mol. The molecule has 1 heterocycles. The summed E-state index contributed by atoms with van der Waals surface area (Å²) >= 11 is 0. The molecule has 0 spiro atoms. The molecule has 0 saturated carbocycles. The summed E-state index contributed by atoms with van der Waals surface area (Å²) in [5, 5.41) is 7.91. The van der Waals surface area contributed by atoms with Crippen molar-refractivity contribution >= 4 is 0 Å². The van der Waals surface area contributed by atoms with Crippen molar-refractivity contribution in [3.05, 3.63) is 53.9 Å².